The maximum atomic E-state index is 13.2. The molecule has 0 N–H and O–H groups in total. The molecule has 0 radical (unpaired) electrons. The molecule has 220 valence electrons. The Labute approximate surface area is 245 Å². The van der Waals surface area contributed by atoms with Gasteiger partial charge in [-0.05, 0) is 61.4 Å². The average molecular weight is 560 g/mol. The third-order valence-electron chi connectivity index (χ3n) is 8.26. The number of anilines is 2. The molecular weight excluding hydrogens is 514 g/mol. The molecule has 2 atom stereocenters. The Morgan fingerprint density at radius 2 is 1.41 bits per heavy atom. The van der Waals surface area contributed by atoms with E-state index in [1.54, 1.807) is 14.2 Å². The number of methoxy groups -OCH3 is 2. The minimum Gasteiger partial charge on any atom is -0.496 e. The molecular formula is C34H45N3O4. The van der Waals surface area contributed by atoms with Crippen molar-refractivity contribution >= 4 is 17.3 Å². The molecule has 1 heterocycles. The summed E-state index contributed by atoms with van der Waals surface area (Å²) in [6.45, 7) is 7.23. The Hall–Kier alpha value is -3.71. The van der Waals surface area contributed by atoms with Crippen LogP contribution in [0.3, 0.4) is 0 Å². The lowest BCUT2D eigenvalue weighted by Crippen LogP contribution is -2.27. The van der Waals surface area contributed by atoms with Gasteiger partial charge in [-0.2, -0.15) is 0 Å². The summed E-state index contributed by atoms with van der Waals surface area (Å²) in [7, 11) is 11.5. The monoisotopic (exact) mass is 559 g/mol. The lowest BCUT2D eigenvalue weighted by molar-refractivity contribution is -0.135. The first-order valence-electron chi connectivity index (χ1n) is 14.5. The molecule has 0 saturated carbocycles. The van der Waals surface area contributed by atoms with Crippen LogP contribution in [0.4, 0.5) is 11.4 Å². The number of fused-ring (bicyclic) bond motifs is 1. The second kappa shape index (κ2) is 13.3. The molecule has 0 fully saturated rings. The summed E-state index contributed by atoms with van der Waals surface area (Å²) in [5.74, 6) is 1.41. The Kier molecular flexibility index (Phi) is 9.81. The molecule has 7 heteroatoms. The van der Waals surface area contributed by atoms with Crippen LogP contribution in [-0.4, -0.2) is 72.9 Å². The minimum atomic E-state index is -0.249. The van der Waals surface area contributed by atoms with Gasteiger partial charge in [-0.1, -0.05) is 38.1 Å². The molecule has 0 aliphatic carbocycles. The summed E-state index contributed by atoms with van der Waals surface area (Å²) in [6, 6.07) is 19.0. The highest BCUT2D eigenvalue weighted by Gasteiger charge is 2.37. The van der Waals surface area contributed by atoms with Gasteiger partial charge >= 0.3 is 5.97 Å². The summed E-state index contributed by atoms with van der Waals surface area (Å²) in [5, 5.41) is 0. The average Bonchev–Trinajstić information content (AvgIpc) is 2.98. The fourth-order valence-electron chi connectivity index (χ4n) is 5.80. The number of carbonyl (C=O) groups excluding carboxylic acids is 1. The molecule has 1 aliphatic heterocycles. The molecule has 0 saturated heterocycles. The van der Waals surface area contributed by atoms with E-state index in [4.69, 9.17) is 14.2 Å². The van der Waals surface area contributed by atoms with Crippen LogP contribution >= 0.6 is 0 Å². The Morgan fingerprint density at radius 1 is 0.854 bits per heavy atom. The van der Waals surface area contributed by atoms with Crippen LogP contribution in [0.5, 0.6) is 17.2 Å². The number of nitrogens with zero attached hydrogens (tertiary/aromatic N) is 3. The van der Waals surface area contributed by atoms with Gasteiger partial charge in [0.25, 0.3) is 0 Å². The summed E-state index contributed by atoms with van der Waals surface area (Å²) in [5.41, 5.74) is 6.24. The van der Waals surface area contributed by atoms with E-state index in [1.165, 1.54) is 0 Å². The molecule has 0 unspecified atom stereocenters. The third-order valence-corrected chi connectivity index (χ3v) is 8.26. The standard InChI is InChI=1S/C34H45N3O4/c1-9-37(10-2)20-19-27(23-11-15-25(16-12-23)35(3)4)32-29(39-7)22-30(40-8)33-28(21-31(38)41-34(32)33)24-13-17-26(18-14-24)36(5)6/h11-18,22,27-28H,9-10,19-21H2,1-8H3/t27-,28-/m1/s1. The van der Waals surface area contributed by atoms with E-state index in [0.717, 1.165) is 59.7 Å². The number of benzene rings is 3. The normalized spacial score (nSPS) is 15.2. The fourth-order valence-corrected chi connectivity index (χ4v) is 5.80. The van der Waals surface area contributed by atoms with E-state index < -0.39 is 0 Å². The van der Waals surface area contributed by atoms with Gasteiger partial charge in [-0.3, -0.25) is 4.79 Å². The van der Waals surface area contributed by atoms with Gasteiger partial charge < -0.3 is 28.9 Å². The molecule has 41 heavy (non-hydrogen) atoms. The molecule has 0 spiro atoms. The summed E-state index contributed by atoms with van der Waals surface area (Å²) in [4.78, 5) is 19.8. The predicted octanol–water partition coefficient (Wildman–Crippen LogP) is 6.14. The van der Waals surface area contributed by atoms with Gasteiger partial charge in [0.15, 0.2) is 0 Å². The molecule has 1 aliphatic rings. The van der Waals surface area contributed by atoms with Gasteiger partial charge in [0, 0.05) is 68.6 Å². The maximum Gasteiger partial charge on any atom is 0.312 e. The number of rotatable bonds is 12. The predicted molar refractivity (Wildman–Crippen MR) is 167 cm³/mol. The van der Waals surface area contributed by atoms with Crippen molar-refractivity contribution in [2.45, 2.75) is 38.5 Å². The van der Waals surface area contributed by atoms with Crippen LogP contribution in [-0.2, 0) is 4.79 Å². The highest BCUT2D eigenvalue weighted by Crippen LogP contribution is 2.53. The SMILES string of the molecule is CCN(CC)CC[C@H](c1ccc(N(C)C)cc1)c1c(OC)cc(OC)c2c1OC(=O)C[C@@H]2c1ccc(N(C)C)cc1. The first-order valence-corrected chi connectivity index (χ1v) is 14.5. The van der Waals surface area contributed by atoms with Gasteiger partial charge in [-0.25, -0.2) is 0 Å². The van der Waals surface area contributed by atoms with Crippen molar-refractivity contribution in [1.29, 1.82) is 0 Å². The summed E-state index contributed by atoms with van der Waals surface area (Å²) < 4.78 is 18.1. The maximum absolute atomic E-state index is 13.2. The van der Waals surface area contributed by atoms with Gasteiger partial charge in [-0.15, -0.1) is 0 Å². The highest BCUT2D eigenvalue weighted by molar-refractivity contribution is 5.81. The van der Waals surface area contributed by atoms with Crippen LogP contribution in [0.15, 0.2) is 54.6 Å². The van der Waals surface area contributed by atoms with E-state index in [-0.39, 0.29) is 24.2 Å². The smallest absolute Gasteiger partial charge is 0.312 e. The Balaban J connectivity index is 1.92. The van der Waals surface area contributed by atoms with Crippen LogP contribution in [0.25, 0.3) is 0 Å². The van der Waals surface area contributed by atoms with Gasteiger partial charge in [0.05, 0.1) is 20.6 Å². The lowest BCUT2D eigenvalue weighted by atomic mass is 9.80. The quantitative estimate of drug-likeness (QED) is 0.195. The summed E-state index contributed by atoms with van der Waals surface area (Å²) in [6.07, 6.45) is 1.09. The third kappa shape index (κ3) is 6.46. The number of hydrogen-bond acceptors (Lipinski definition) is 7. The molecule has 3 aromatic rings. The van der Waals surface area contributed by atoms with Crippen molar-refractivity contribution in [2.24, 2.45) is 0 Å². The van der Waals surface area contributed by atoms with Gasteiger partial charge in [0.2, 0.25) is 0 Å². The molecule has 0 aromatic heterocycles. The fraction of sp³-hybridized carbons (Fsp3) is 0.441. The zero-order chi connectivity index (χ0) is 29.7. The number of hydrogen-bond donors (Lipinski definition) is 0. The molecule has 4 rings (SSSR count). The largest absolute Gasteiger partial charge is 0.496 e. The summed E-state index contributed by atoms with van der Waals surface area (Å²) >= 11 is 0. The first-order chi connectivity index (χ1) is 19.7. The number of carbonyl (C=O) groups is 1. The molecule has 0 bridgehead atoms. The van der Waals surface area contributed by atoms with Crippen LogP contribution < -0.4 is 24.0 Å². The second-order valence-electron chi connectivity index (χ2n) is 11.0. The van der Waals surface area contributed by atoms with E-state index in [9.17, 15) is 4.79 Å². The molecule has 7 nitrogen and oxygen atoms in total. The minimum absolute atomic E-state index is 0.0518. The van der Waals surface area contributed by atoms with Crippen molar-refractivity contribution in [1.82, 2.24) is 4.90 Å². The van der Waals surface area contributed by atoms with E-state index in [0.29, 0.717) is 17.2 Å². The number of ether oxygens (including phenoxy) is 3. The topological polar surface area (TPSA) is 54.5 Å². The van der Waals surface area contributed by atoms with E-state index in [1.807, 2.05) is 34.3 Å². The van der Waals surface area contributed by atoms with Crippen molar-refractivity contribution in [2.75, 3.05) is 71.8 Å². The zero-order valence-electron chi connectivity index (χ0n) is 25.9. The van der Waals surface area contributed by atoms with E-state index >= 15 is 0 Å². The second-order valence-corrected chi connectivity index (χ2v) is 11.0. The van der Waals surface area contributed by atoms with E-state index in [2.05, 4.69) is 77.1 Å². The Bertz CT molecular complexity index is 1320. The van der Waals surface area contributed by atoms with Crippen molar-refractivity contribution in [3.05, 3.63) is 76.9 Å². The molecule has 0 amide bonds. The number of esters is 1. The van der Waals surface area contributed by atoms with Crippen molar-refractivity contribution in [3.63, 3.8) is 0 Å². The Morgan fingerprint density at radius 3 is 1.93 bits per heavy atom. The van der Waals surface area contributed by atoms with Crippen molar-refractivity contribution < 1.29 is 19.0 Å². The molecule has 3 aromatic carbocycles. The van der Waals surface area contributed by atoms with Crippen molar-refractivity contribution in [3.8, 4) is 17.2 Å². The first kappa shape index (κ1) is 30.3. The highest BCUT2D eigenvalue weighted by atomic mass is 16.5. The van der Waals surface area contributed by atoms with Crippen LogP contribution in [0.1, 0.15) is 60.8 Å². The van der Waals surface area contributed by atoms with Crippen LogP contribution in [0, 0.1) is 0 Å². The lowest BCUT2D eigenvalue weighted by Gasteiger charge is -2.33. The zero-order valence-corrected chi connectivity index (χ0v) is 25.9. The van der Waals surface area contributed by atoms with Crippen LogP contribution in [0.2, 0.25) is 0 Å². The van der Waals surface area contributed by atoms with Gasteiger partial charge in [0.1, 0.15) is 17.2 Å².